The standard InChI is InChI=1S/C12H16N2O3/c1-7-5-8(2)13-10(16)9(7)11(17)14-12(6-15)3-4-12/h5,15H,3-4,6H2,1-2H3,(H,13,16)(H,14,17). The highest BCUT2D eigenvalue weighted by atomic mass is 16.3. The molecule has 0 aliphatic heterocycles. The van der Waals surface area contributed by atoms with Crippen molar-refractivity contribution in [2.75, 3.05) is 6.61 Å². The molecule has 5 heteroatoms. The molecule has 2 rings (SSSR count). The predicted octanol–water partition coefficient (Wildman–Crippen LogP) is 0.246. The molecule has 0 bridgehead atoms. The van der Waals surface area contributed by atoms with E-state index in [1.807, 2.05) is 0 Å². The van der Waals surface area contributed by atoms with E-state index in [0.29, 0.717) is 5.56 Å². The molecule has 3 N–H and O–H groups in total. The summed E-state index contributed by atoms with van der Waals surface area (Å²) in [7, 11) is 0. The summed E-state index contributed by atoms with van der Waals surface area (Å²) in [5, 5.41) is 11.9. The minimum Gasteiger partial charge on any atom is -0.394 e. The van der Waals surface area contributed by atoms with E-state index in [4.69, 9.17) is 5.11 Å². The molecule has 1 aliphatic carbocycles. The van der Waals surface area contributed by atoms with E-state index in [-0.39, 0.29) is 17.7 Å². The van der Waals surface area contributed by atoms with Crippen LogP contribution in [-0.2, 0) is 0 Å². The van der Waals surface area contributed by atoms with Gasteiger partial charge >= 0.3 is 0 Å². The number of hydrogen-bond donors (Lipinski definition) is 3. The second-order valence-corrected chi connectivity index (χ2v) is 4.73. The first-order chi connectivity index (χ1) is 7.97. The molecule has 0 unspecified atom stereocenters. The summed E-state index contributed by atoms with van der Waals surface area (Å²) in [5.74, 6) is -0.407. The molecule has 92 valence electrons. The van der Waals surface area contributed by atoms with Crippen LogP contribution in [0.5, 0.6) is 0 Å². The number of pyridine rings is 1. The number of carbonyl (C=O) groups is 1. The van der Waals surface area contributed by atoms with E-state index < -0.39 is 11.4 Å². The SMILES string of the molecule is Cc1cc(C)c(C(=O)NC2(CO)CC2)c(=O)[nH]1. The fraction of sp³-hybridized carbons (Fsp3) is 0.500. The number of aromatic amines is 1. The highest BCUT2D eigenvalue weighted by molar-refractivity contribution is 5.96. The summed E-state index contributed by atoms with van der Waals surface area (Å²) in [6.45, 7) is 3.42. The van der Waals surface area contributed by atoms with Gasteiger partial charge in [-0.15, -0.1) is 0 Å². The van der Waals surface area contributed by atoms with E-state index >= 15 is 0 Å². The normalized spacial score (nSPS) is 16.6. The molecule has 0 atom stereocenters. The minimum atomic E-state index is -0.499. The third-order valence-electron chi connectivity index (χ3n) is 3.13. The number of carbonyl (C=O) groups excluding carboxylic acids is 1. The third-order valence-corrected chi connectivity index (χ3v) is 3.13. The van der Waals surface area contributed by atoms with Crippen LogP contribution in [0.25, 0.3) is 0 Å². The maximum absolute atomic E-state index is 12.0. The van der Waals surface area contributed by atoms with Gasteiger partial charge < -0.3 is 15.4 Å². The molecule has 5 nitrogen and oxygen atoms in total. The Morgan fingerprint density at radius 2 is 2.18 bits per heavy atom. The number of aryl methyl sites for hydroxylation is 2. The lowest BCUT2D eigenvalue weighted by atomic mass is 10.1. The van der Waals surface area contributed by atoms with Crippen molar-refractivity contribution < 1.29 is 9.90 Å². The summed E-state index contributed by atoms with van der Waals surface area (Å²) in [6, 6.07) is 1.76. The van der Waals surface area contributed by atoms with Gasteiger partial charge in [0, 0.05) is 5.69 Å². The number of H-pyrrole nitrogens is 1. The Balaban J connectivity index is 2.29. The summed E-state index contributed by atoms with van der Waals surface area (Å²) in [4.78, 5) is 26.3. The molecule has 1 heterocycles. The Labute approximate surface area is 98.9 Å². The van der Waals surface area contributed by atoms with E-state index in [9.17, 15) is 9.59 Å². The zero-order valence-electron chi connectivity index (χ0n) is 9.96. The van der Waals surface area contributed by atoms with Crippen molar-refractivity contribution in [3.8, 4) is 0 Å². The number of aromatic nitrogens is 1. The van der Waals surface area contributed by atoms with Crippen LogP contribution in [0, 0.1) is 13.8 Å². The second kappa shape index (κ2) is 4.00. The molecule has 0 saturated heterocycles. The van der Waals surface area contributed by atoms with E-state index in [1.54, 1.807) is 19.9 Å². The summed E-state index contributed by atoms with van der Waals surface area (Å²) < 4.78 is 0. The van der Waals surface area contributed by atoms with Crippen LogP contribution in [0.2, 0.25) is 0 Å². The van der Waals surface area contributed by atoms with Crippen LogP contribution in [0.4, 0.5) is 0 Å². The molecule has 17 heavy (non-hydrogen) atoms. The van der Waals surface area contributed by atoms with Crippen molar-refractivity contribution in [3.63, 3.8) is 0 Å². The predicted molar refractivity (Wildman–Crippen MR) is 63.1 cm³/mol. The number of aliphatic hydroxyl groups excluding tert-OH is 1. The average Bonchev–Trinajstić information content (AvgIpc) is 2.96. The Kier molecular flexibility index (Phi) is 2.79. The summed E-state index contributed by atoms with van der Waals surface area (Å²) >= 11 is 0. The monoisotopic (exact) mass is 236 g/mol. The van der Waals surface area contributed by atoms with Crippen LogP contribution in [0.15, 0.2) is 10.9 Å². The lowest BCUT2D eigenvalue weighted by Gasteiger charge is -2.14. The lowest BCUT2D eigenvalue weighted by molar-refractivity contribution is 0.0904. The van der Waals surface area contributed by atoms with Gasteiger partial charge in [-0.1, -0.05) is 0 Å². The van der Waals surface area contributed by atoms with Gasteiger partial charge in [0.05, 0.1) is 12.1 Å². The van der Waals surface area contributed by atoms with Crippen molar-refractivity contribution in [2.45, 2.75) is 32.2 Å². The highest BCUT2D eigenvalue weighted by Gasteiger charge is 2.43. The summed E-state index contributed by atoms with van der Waals surface area (Å²) in [6.07, 6.45) is 1.52. The number of rotatable bonds is 3. The van der Waals surface area contributed by atoms with Gasteiger partial charge in [0.1, 0.15) is 5.56 Å². The zero-order chi connectivity index (χ0) is 12.6. The first-order valence-electron chi connectivity index (χ1n) is 5.61. The van der Waals surface area contributed by atoms with Crippen molar-refractivity contribution in [1.82, 2.24) is 10.3 Å². The second-order valence-electron chi connectivity index (χ2n) is 4.73. The van der Waals surface area contributed by atoms with E-state index in [2.05, 4.69) is 10.3 Å². The van der Waals surface area contributed by atoms with E-state index in [0.717, 1.165) is 18.5 Å². The van der Waals surface area contributed by atoms with Crippen LogP contribution in [0.3, 0.4) is 0 Å². The van der Waals surface area contributed by atoms with Gasteiger partial charge in [-0.05, 0) is 38.3 Å². The molecule has 1 aromatic heterocycles. The lowest BCUT2D eigenvalue weighted by Crippen LogP contribution is -2.42. The third kappa shape index (κ3) is 2.24. The molecule has 0 radical (unpaired) electrons. The Morgan fingerprint density at radius 3 is 2.65 bits per heavy atom. The zero-order valence-corrected chi connectivity index (χ0v) is 9.96. The minimum absolute atomic E-state index is 0.0818. The molecular formula is C12H16N2O3. The van der Waals surface area contributed by atoms with Gasteiger partial charge in [0.2, 0.25) is 0 Å². The smallest absolute Gasteiger partial charge is 0.261 e. The van der Waals surface area contributed by atoms with Gasteiger partial charge in [-0.3, -0.25) is 9.59 Å². The Bertz CT molecular complexity index is 515. The molecule has 0 spiro atoms. The van der Waals surface area contributed by atoms with Crippen molar-refractivity contribution >= 4 is 5.91 Å². The number of nitrogens with one attached hydrogen (secondary N) is 2. The maximum Gasteiger partial charge on any atom is 0.261 e. The van der Waals surface area contributed by atoms with Crippen molar-refractivity contribution in [1.29, 1.82) is 0 Å². The molecule has 0 aromatic carbocycles. The van der Waals surface area contributed by atoms with E-state index in [1.165, 1.54) is 0 Å². The van der Waals surface area contributed by atoms with Crippen LogP contribution < -0.4 is 10.9 Å². The largest absolute Gasteiger partial charge is 0.394 e. The molecule has 1 fully saturated rings. The van der Waals surface area contributed by atoms with Crippen LogP contribution in [0.1, 0.15) is 34.5 Å². The first kappa shape index (κ1) is 11.9. The summed E-state index contributed by atoms with van der Waals surface area (Å²) in [5.41, 5.74) is 0.634. The van der Waals surface area contributed by atoms with Crippen LogP contribution >= 0.6 is 0 Å². The van der Waals surface area contributed by atoms with Gasteiger partial charge in [0.25, 0.3) is 11.5 Å². The molecule has 1 saturated carbocycles. The Hall–Kier alpha value is -1.62. The number of aliphatic hydroxyl groups is 1. The topological polar surface area (TPSA) is 82.2 Å². The number of amides is 1. The van der Waals surface area contributed by atoms with Gasteiger partial charge in [-0.25, -0.2) is 0 Å². The molecule has 1 aromatic rings. The Morgan fingerprint density at radius 1 is 1.53 bits per heavy atom. The highest BCUT2D eigenvalue weighted by Crippen LogP contribution is 2.34. The van der Waals surface area contributed by atoms with Crippen LogP contribution in [-0.4, -0.2) is 28.1 Å². The molecule has 1 amide bonds. The quantitative estimate of drug-likeness (QED) is 0.703. The van der Waals surface area contributed by atoms with Crippen molar-refractivity contribution in [2.24, 2.45) is 0 Å². The fourth-order valence-corrected chi connectivity index (χ4v) is 1.91. The van der Waals surface area contributed by atoms with Gasteiger partial charge in [-0.2, -0.15) is 0 Å². The molecular weight excluding hydrogens is 220 g/mol. The first-order valence-corrected chi connectivity index (χ1v) is 5.61. The van der Waals surface area contributed by atoms with Crippen molar-refractivity contribution in [3.05, 3.63) is 33.2 Å². The maximum atomic E-state index is 12.0. The average molecular weight is 236 g/mol. The number of hydrogen-bond acceptors (Lipinski definition) is 3. The fourth-order valence-electron chi connectivity index (χ4n) is 1.91. The van der Waals surface area contributed by atoms with Gasteiger partial charge in [0.15, 0.2) is 0 Å². The molecule has 1 aliphatic rings.